The first kappa shape index (κ1) is 17.2. The molecule has 0 bridgehead atoms. The van der Waals surface area contributed by atoms with Crippen molar-refractivity contribution < 1.29 is 9.57 Å². The molecule has 2 heterocycles. The van der Waals surface area contributed by atoms with Gasteiger partial charge in [0, 0.05) is 17.5 Å². The van der Waals surface area contributed by atoms with Crippen LogP contribution in [0.15, 0.2) is 46.3 Å². The molecule has 0 aliphatic heterocycles. The van der Waals surface area contributed by atoms with Crippen molar-refractivity contribution in [3.63, 3.8) is 0 Å². The molecule has 0 radical (unpaired) electrons. The number of fused-ring (bicyclic) bond motifs is 1. The molecule has 0 atom stereocenters. The average Bonchev–Trinajstić information content (AvgIpc) is 2.92. The molecule has 0 saturated carbocycles. The summed E-state index contributed by atoms with van der Waals surface area (Å²) in [5.74, 6) is 0.799. The molecular weight excluding hydrogens is 338 g/mol. The summed E-state index contributed by atoms with van der Waals surface area (Å²) >= 11 is 1.43. The Bertz CT molecular complexity index is 961. The van der Waals surface area contributed by atoms with E-state index in [9.17, 15) is 4.79 Å². The lowest BCUT2D eigenvalue weighted by Gasteiger charge is -2.05. The van der Waals surface area contributed by atoms with Crippen LogP contribution in [0.2, 0.25) is 0 Å². The molecule has 7 heteroatoms. The first-order valence-electron chi connectivity index (χ1n) is 7.91. The summed E-state index contributed by atoms with van der Waals surface area (Å²) in [4.78, 5) is 23.4. The van der Waals surface area contributed by atoms with Gasteiger partial charge in [0.15, 0.2) is 11.6 Å². The Morgan fingerprint density at radius 1 is 1.24 bits per heavy atom. The van der Waals surface area contributed by atoms with Crippen LogP contribution in [0.25, 0.3) is 4.96 Å². The monoisotopic (exact) mass is 357 g/mol. The van der Waals surface area contributed by atoms with E-state index in [-0.39, 0.29) is 5.56 Å². The van der Waals surface area contributed by atoms with E-state index >= 15 is 0 Å². The predicted octanol–water partition coefficient (Wildman–Crippen LogP) is 3.19. The van der Waals surface area contributed by atoms with E-state index in [1.807, 2.05) is 51.1 Å². The molecule has 1 aromatic carbocycles. The van der Waals surface area contributed by atoms with E-state index in [4.69, 9.17) is 9.57 Å². The molecule has 0 N–H and O–H groups in total. The van der Waals surface area contributed by atoms with E-state index in [1.165, 1.54) is 17.4 Å². The number of oxime groups is 1. The van der Waals surface area contributed by atoms with Gasteiger partial charge in [0.1, 0.15) is 12.4 Å². The van der Waals surface area contributed by atoms with Gasteiger partial charge in [0.2, 0.25) is 0 Å². The Balaban J connectivity index is 1.66. The standard InChI is InChI=1S/C18H19N3O3S/c1-12-11-16(22)21-14(3)17(25-18(21)19-12)13(2)20-24-10-9-23-15-7-5-4-6-8-15/h4-8,11H,9-10H2,1-3H3. The number of aromatic nitrogens is 2. The highest BCUT2D eigenvalue weighted by Gasteiger charge is 2.14. The molecule has 2 aromatic heterocycles. The van der Waals surface area contributed by atoms with Gasteiger partial charge in [-0.1, -0.05) is 34.7 Å². The number of para-hydroxylation sites is 1. The Morgan fingerprint density at radius 3 is 2.76 bits per heavy atom. The third-order valence-corrected chi connectivity index (χ3v) is 4.84. The van der Waals surface area contributed by atoms with Crippen molar-refractivity contribution in [1.82, 2.24) is 9.38 Å². The topological polar surface area (TPSA) is 65.2 Å². The fourth-order valence-electron chi connectivity index (χ4n) is 2.45. The van der Waals surface area contributed by atoms with Crippen LogP contribution in [0.4, 0.5) is 0 Å². The van der Waals surface area contributed by atoms with Gasteiger partial charge in [-0.3, -0.25) is 9.20 Å². The van der Waals surface area contributed by atoms with E-state index in [0.717, 1.165) is 16.3 Å². The van der Waals surface area contributed by atoms with E-state index < -0.39 is 0 Å². The van der Waals surface area contributed by atoms with Crippen LogP contribution in [0.3, 0.4) is 0 Å². The number of benzene rings is 1. The second-order valence-electron chi connectivity index (χ2n) is 5.54. The van der Waals surface area contributed by atoms with Crippen LogP contribution in [-0.4, -0.2) is 28.3 Å². The number of hydrogen-bond donors (Lipinski definition) is 0. The summed E-state index contributed by atoms with van der Waals surface area (Å²) in [6.07, 6.45) is 0. The summed E-state index contributed by atoms with van der Waals surface area (Å²) in [7, 11) is 0. The van der Waals surface area contributed by atoms with Gasteiger partial charge in [0.25, 0.3) is 5.56 Å². The first-order valence-corrected chi connectivity index (χ1v) is 8.72. The summed E-state index contributed by atoms with van der Waals surface area (Å²) in [6, 6.07) is 11.1. The molecule has 0 aliphatic carbocycles. The molecule has 0 spiro atoms. The van der Waals surface area contributed by atoms with Gasteiger partial charge in [0.05, 0.1) is 10.6 Å². The number of aryl methyl sites for hydroxylation is 2. The van der Waals surface area contributed by atoms with Crippen LogP contribution in [0.1, 0.15) is 23.2 Å². The second-order valence-corrected chi connectivity index (χ2v) is 6.52. The molecule has 0 fully saturated rings. The molecule has 0 aliphatic rings. The minimum absolute atomic E-state index is 0.0764. The maximum absolute atomic E-state index is 12.1. The quantitative estimate of drug-likeness (QED) is 0.386. The summed E-state index contributed by atoms with van der Waals surface area (Å²) in [6.45, 7) is 6.30. The number of hydrogen-bond acceptors (Lipinski definition) is 6. The van der Waals surface area contributed by atoms with Gasteiger partial charge in [-0.05, 0) is 32.9 Å². The second kappa shape index (κ2) is 7.48. The normalized spacial score (nSPS) is 11.7. The Labute approximate surface area is 149 Å². The maximum Gasteiger partial charge on any atom is 0.258 e. The zero-order valence-corrected chi connectivity index (χ0v) is 15.2. The summed E-state index contributed by atoms with van der Waals surface area (Å²) < 4.78 is 7.15. The molecule has 130 valence electrons. The van der Waals surface area contributed by atoms with Crippen molar-refractivity contribution in [2.24, 2.45) is 5.16 Å². The third-order valence-electron chi connectivity index (χ3n) is 3.59. The first-order chi connectivity index (χ1) is 12.1. The van der Waals surface area contributed by atoms with Crippen molar-refractivity contribution in [3.05, 3.63) is 63.0 Å². The molecule has 25 heavy (non-hydrogen) atoms. The summed E-state index contributed by atoms with van der Waals surface area (Å²) in [5.41, 5.74) is 2.17. The fraction of sp³-hybridized carbons (Fsp3) is 0.278. The molecule has 0 saturated heterocycles. The molecule has 0 amide bonds. The Morgan fingerprint density at radius 2 is 2.00 bits per heavy atom. The average molecular weight is 357 g/mol. The van der Waals surface area contributed by atoms with E-state index in [0.29, 0.717) is 29.6 Å². The summed E-state index contributed by atoms with van der Waals surface area (Å²) in [5, 5.41) is 4.14. The Kier molecular flexibility index (Phi) is 5.14. The van der Waals surface area contributed by atoms with Crippen LogP contribution in [0, 0.1) is 13.8 Å². The zero-order valence-electron chi connectivity index (χ0n) is 14.4. The van der Waals surface area contributed by atoms with Crippen LogP contribution in [-0.2, 0) is 4.84 Å². The molecular formula is C18H19N3O3S. The van der Waals surface area contributed by atoms with Gasteiger partial charge in [-0.25, -0.2) is 4.98 Å². The Hall–Kier alpha value is -2.67. The SMILES string of the molecule is CC(=NOCCOc1ccccc1)c1sc2nc(C)cc(=O)n2c1C. The number of ether oxygens (including phenoxy) is 1. The lowest BCUT2D eigenvalue weighted by atomic mass is 10.3. The zero-order chi connectivity index (χ0) is 17.8. The van der Waals surface area contributed by atoms with Gasteiger partial charge in [-0.2, -0.15) is 0 Å². The lowest BCUT2D eigenvalue weighted by Crippen LogP contribution is -2.14. The number of thiazole rings is 1. The largest absolute Gasteiger partial charge is 0.490 e. The lowest BCUT2D eigenvalue weighted by molar-refractivity contribution is 0.107. The molecule has 6 nitrogen and oxygen atoms in total. The molecule has 3 aromatic rings. The molecule has 0 unspecified atom stereocenters. The van der Waals surface area contributed by atoms with Gasteiger partial charge in [-0.15, -0.1) is 0 Å². The smallest absolute Gasteiger partial charge is 0.258 e. The maximum atomic E-state index is 12.1. The van der Waals surface area contributed by atoms with Crippen LogP contribution < -0.4 is 10.3 Å². The molecule has 3 rings (SSSR count). The highest BCUT2D eigenvalue weighted by molar-refractivity contribution is 7.19. The number of nitrogens with zero attached hydrogens (tertiary/aromatic N) is 3. The minimum atomic E-state index is -0.0764. The van der Waals surface area contributed by atoms with Crippen molar-refractivity contribution in [1.29, 1.82) is 0 Å². The van der Waals surface area contributed by atoms with E-state index in [2.05, 4.69) is 10.1 Å². The number of rotatable bonds is 6. The third kappa shape index (κ3) is 3.88. The van der Waals surface area contributed by atoms with Crippen molar-refractivity contribution in [3.8, 4) is 5.75 Å². The van der Waals surface area contributed by atoms with Crippen molar-refractivity contribution in [2.45, 2.75) is 20.8 Å². The van der Waals surface area contributed by atoms with Gasteiger partial charge >= 0.3 is 0 Å². The minimum Gasteiger partial charge on any atom is -0.490 e. The van der Waals surface area contributed by atoms with E-state index in [1.54, 1.807) is 4.40 Å². The fourth-order valence-corrected chi connectivity index (χ4v) is 3.56. The van der Waals surface area contributed by atoms with Crippen LogP contribution >= 0.6 is 11.3 Å². The highest BCUT2D eigenvalue weighted by atomic mass is 32.1. The van der Waals surface area contributed by atoms with Crippen molar-refractivity contribution in [2.75, 3.05) is 13.2 Å². The van der Waals surface area contributed by atoms with Gasteiger partial charge < -0.3 is 9.57 Å². The van der Waals surface area contributed by atoms with Crippen LogP contribution in [0.5, 0.6) is 5.75 Å². The van der Waals surface area contributed by atoms with Crippen molar-refractivity contribution >= 4 is 22.0 Å². The predicted molar refractivity (Wildman–Crippen MR) is 98.9 cm³/mol. The highest BCUT2D eigenvalue weighted by Crippen LogP contribution is 2.21.